The Bertz CT molecular complexity index is 1520. The van der Waals surface area contributed by atoms with Crippen LogP contribution in [-0.2, 0) is 17.9 Å². The Morgan fingerprint density at radius 2 is 1.68 bits per heavy atom. The van der Waals surface area contributed by atoms with Crippen molar-refractivity contribution in [3.05, 3.63) is 93.0 Å². The van der Waals surface area contributed by atoms with E-state index in [9.17, 15) is 9.59 Å². The van der Waals surface area contributed by atoms with Gasteiger partial charge in [0.15, 0.2) is 5.82 Å². The Labute approximate surface area is 175 Å². The number of H-pyrrole nitrogens is 1. The number of rotatable bonds is 5. The first kappa shape index (κ1) is 18.9. The molecule has 5 rings (SSSR count). The van der Waals surface area contributed by atoms with Crippen LogP contribution in [0.25, 0.3) is 27.8 Å². The highest BCUT2D eigenvalue weighted by Crippen LogP contribution is 2.15. The van der Waals surface area contributed by atoms with Gasteiger partial charge in [-0.15, -0.1) is 5.10 Å². The average Bonchev–Trinajstić information content (AvgIpc) is 3.25. The molecule has 5 aromatic rings. The van der Waals surface area contributed by atoms with Crippen LogP contribution >= 0.6 is 0 Å². The van der Waals surface area contributed by atoms with Gasteiger partial charge in [0.05, 0.1) is 28.4 Å². The maximum absolute atomic E-state index is 13.1. The molecule has 1 N–H and O–H groups in total. The molecule has 0 spiro atoms. The van der Waals surface area contributed by atoms with Crippen LogP contribution in [0.15, 0.2) is 70.5 Å². The zero-order chi connectivity index (χ0) is 21.4. The fourth-order valence-corrected chi connectivity index (χ4v) is 3.52. The fourth-order valence-electron chi connectivity index (χ4n) is 3.52. The van der Waals surface area contributed by atoms with E-state index in [0.717, 1.165) is 5.56 Å². The standard InChI is InChI=1S/C22H18N6O3/c1-31-13-19-24-22(26-25-19)28-10-8-18-16(21(28)30)11-15-17(23-18)7-9-27(20(15)29)12-14-5-3-2-4-6-14/h2-11H,12-13H2,1H3,(H,24,25,26). The van der Waals surface area contributed by atoms with Crippen molar-refractivity contribution in [3.8, 4) is 5.95 Å². The Morgan fingerprint density at radius 3 is 2.45 bits per heavy atom. The molecule has 0 saturated heterocycles. The number of benzene rings is 1. The van der Waals surface area contributed by atoms with Gasteiger partial charge in [0, 0.05) is 19.5 Å². The summed E-state index contributed by atoms with van der Waals surface area (Å²) in [6, 6.07) is 14.8. The molecule has 31 heavy (non-hydrogen) atoms. The van der Waals surface area contributed by atoms with Gasteiger partial charge >= 0.3 is 0 Å². The third kappa shape index (κ3) is 3.40. The van der Waals surface area contributed by atoms with Crippen LogP contribution in [0.5, 0.6) is 0 Å². The highest BCUT2D eigenvalue weighted by Gasteiger charge is 2.13. The second-order valence-corrected chi connectivity index (χ2v) is 7.09. The van der Waals surface area contributed by atoms with Crippen molar-refractivity contribution in [2.75, 3.05) is 7.11 Å². The molecule has 0 atom stereocenters. The second-order valence-electron chi connectivity index (χ2n) is 7.09. The maximum atomic E-state index is 13.1. The third-order valence-electron chi connectivity index (χ3n) is 5.03. The lowest BCUT2D eigenvalue weighted by molar-refractivity contribution is 0.178. The first-order chi connectivity index (χ1) is 15.1. The summed E-state index contributed by atoms with van der Waals surface area (Å²) in [5.74, 6) is 0.707. The molecule has 0 saturated carbocycles. The minimum Gasteiger partial charge on any atom is -0.377 e. The zero-order valence-corrected chi connectivity index (χ0v) is 16.6. The predicted octanol–water partition coefficient (Wildman–Crippen LogP) is 2.01. The van der Waals surface area contributed by atoms with Crippen LogP contribution in [0.3, 0.4) is 0 Å². The van der Waals surface area contributed by atoms with E-state index >= 15 is 0 Å². The number of nitrogens with zero attached hydrogens (tertiary/aromatic N) is 5. The summed E-state index contributed by atoms with van der Waals surface area (Å²) in [6.07, 6.45) is 3.29. The lowest BCUT2D eigenvalue weighted by atomic mass is 10.1. The number of pyridine rings is 3. The summed E-state index contributed by atoms with van der Waals surface area (Å²) >= 11 is 0. The minimum atomic E-state index is -0.354. The molecule has 0 aliphatic carbocycles. The minimum absolute atomic E-state index is 0.202. The molecule has 9 heteroatoms. The van der Waals surface area contributed by atoms with Gasteiger partial charge in [0.1, 0.15) is 6.61 Å². The van der Waals surface area contributed by atoms with E-state index in [4.69, 9.17) is 4.74 Å². The number of aromatic nitrogens is 6. The van der Waals surface area contributed by atoms with Gasteiger partial charge in [0.2, 0.25) is 0 Å². The van der Waals surface area contributed by atoms with E-state index in [1.807, 2.05) is 30.3 Å². The van der Waals surface area contributed by atoms with Crippen molar-refractivity contribution in [1.29, 1.82) is 0 Å². The quantitative estimate of drug-likeness (QED) is 0.441. The average molecular weight is 414 g/mol. The van der Waals surface area contributed by atoms with Crippen molar-refractivity contribution >= 4 is 21.8 Å². The molecule has 0 aliphatic heterocycles. The SMILES string of the molecule is COCc1nc(-n2ccc3nc4ccn(Cc5ccccc5)c(=O)c4cc3c2=O)n[nH]1. The van der Waals surface area contributed by atoms with Crippen LogP contribution in [-0.4, -0.2) is 36.4 Å². The first-order valence-corrected chi connectivity index (χ1v) is 9.64. The van der Waals surface area contributed by atoms with Crippen LogP contribution in [0.2, 0.25) is 0 Å². The first-order valence-electron chi connectivity index (χ1n) is 9.64. The Kier molecular flexibility index (Phi) is 4.64. The summed E-state index contributed by atoms with van der Waals surface area (Å²) in [6.45, 7) is 0.689. The third-order valence-corrected chi connectivity index (χ3v) is 5.03. The molecule has 0 amide bonds. The topological polar surface area (TPSA) is 108 Å². The molecule has 4 aromatic heterocycles. The molecule has 4 heterocycles. The van der Waals surface area contributed by atoms with Crippen molar-refractivity contribution in [3.63, 3.8) is 0 Å². The maximum Gasteiger partial charge on any atom is 0.267 e. The molecule has 9 nitrogen and oxygen atoms in total. The van der Waals surface area contributed by atoms with Crippen molar-refractivity contribution in [2.24, 2.45) is 0 Å². The van der Waals surface area contributed by atoms with Crippen molar-refractivity contribution < 1.29 is 4.74 Å². The number of hydrogen-bond acceptors (Lipinski definition) is 6. The zero-order valence-electron chi connectivity index (χ0n) is 16.6. The Hall–Kier alpha value is -4.11. The predicted molar refractivity (Wildman–Crippen MR) is 115 cm³/mol. The van der Waals surface area contributed by atoms with Crippen molar-refractivity contribution in [2.45, 2.75) is 13.2 Å². The molecular formula is C22H18N6O3. The van der Waals surface area contributed by atoms with E-state index < -0.39 is 0 Å². The number of ether oxygens (including phenoxy) is 1. The van der Waals surface area contributed by atoms with Gasteiger partial charge in [0.25, 0.3) is 17.1 Å². The summed E-state index contributed by atoms with van der Waals surface area (Å²) in [5.41, 5.74) is 1.50. The summed E-state index contributed by atoms with van der Waals surface area (Å²) < 4.78 is 7.95. The number of fused-ring (bicyclic) bond motifs is 2. The van der Waals surface area contributed by atoms with Gasteiger partial charge in [-0.2, -0.15) is 4.98 Å². The Morgan fingerprint density at radius 1 is 0.935 bits per heavy atom. The molecule has 0 bridgehead atoms. The molecule has 0 aliphatic rings. The van der Waals surface area contributed by atoms with Gasteiger partial charge in [-0.05, 0) is 23.8 Å². The normalized spacial score (nSPS) is 11.4. The van der Waals surface area contributed by atoms with E-state index in [1.165, 1.54) is 4.57 Å². The summed E-state index contributed by atoms with van der Waals surface area (Å²) in [4.78, 5) is 35.0. The number of nitrogens with one attached hydrogen (secondary N) is 1. The molecule has 154 valence electrons. The van der Waals surface area contributed by atoms with Crippen LogP contribution < -0.4 is 11.1 Å². The summed E-state index contributed by atoms with van der Waals surface area (Å²) in [7, 11) is 1.55. The number of methoxy groups -OCH3 is 1. The van der Waals surface area contributed by atoms with Gasteiger partial charge in [-0.3, -0.25) is 14.7 Å². The highest BCUT2D eigenvalue weighted by atomic mass is 16.5. The van der Waals surface area contributed by atoms with Crippen LogP contribution in [0, 0.1) is 0 Å². The molecule has 0 radical (unpaired) electrons. The lowest BCUT2D eigenvalue weighted by Crippen LogP contribution is -2.22. The molecule has 0 fully saturated rings. The second kappa shape index (κ2) is 7.62. The monoisotopic (exact) mass is 414 g/mol. The van der Waals surface area contributed by atoms with Crippen molar-refractivity contribution in [1.82, 2.24) is 29.3 Å². The van der Waals surface area contributed by atoms with E-state index in [1.54, 1.807) is 42.3 Å². The molecular weight excluding hydrogens is 396 g/mol. The van der Waals surface area contributed by atoms with Gasteiger partial charge in [-0.25, -0.2) is 9.55 Å². The molecule has 0 unspecified atom stereocenters. The number of aromatic amines is 1. The van der Waals surface area contributed by atoms with E-state index in [0.29, 0.717) is 34.2 Å². The lowest BCUT2D eigenvalue weighted by Gasteiger charge is -2.08. The van der Waals surface area contributed by atoms with Gasteiger partial charge in [-0.1, -0.05) is 30.3 Å². The fraction of sp³-hybridized carbons (Fsp3) is 0.136. The molecule has 1 aromatic carbocycles. The van der Waals surface area contributed by atoms with E-state index in [-0.39, 0.29) is 23.7 Å². The highest BCUT2D eigenvalue weighted by molar-refractivity contribution is 5.91. The smallest absolute Gasteiger partial charge is 0.267 e. The largest absolute Gasteiger partial charge is 0.377 e. The van der Waals surface area contributed by atoms with E-state index in [2.05, 4.69) is 20.2 Å². The Balaban J connectivity index is 1.64. The summed E-state index contributed by atoms with van der Waals surface area (Å²) in [5, 5.41) is 7.52. The van der Waals surface area contributed by atoms with Crippen LogP contribution in [0.1, 0.15) is 11.4 Å². The van der Waals surface area contributed by atoms with Crippen LogP contribution in [0.4, 0.5) is 0 Å². The number of hydrogen-bond donors (Lipinski definition) is 1. The van der Waals surface area contributed by atoms with Gasteiger partial charge < -0.3 is 9.30 Å².